The summed E-state index contributed by atoms with van der Waals surface area (Å²) in [7, 11) is 0. The largest absolute Gasteiger partial charge is 0.462 e. The van der Waals surface area contributed by atoms with Crippen molar-refractivity contribution in [2.24, 2.45) is 0 Å². The minimum absolute atomic E-state index is 0.00702. The van der Waals surface area contributed by atoms with Crippen LogP contribution in [0.1, 0.15) is 25.8 Å². The molecule has 94 valence electrons. The van der Waals surface area contributed by atoms with Crippen molar-refractivity contribution in [3.8, 4) is 0 Å². The highest BCUT2D eigenvalue weighted by Gasteiger charge is 2.04. The average Bonchev–Trinajstić information content (AvgIpc) is 2.29. The number of aryl methyl sites for hydroxylation is 1. The van der Waals surface area contributed by atoms with Gasteiger partial charge in [-0.05, 0) is 38.0 Å². The van der Waals surface area contributed by atoms with Gasteiger partial charge in [0.2, 0.25) is 0 Å². The summed E-state index contributed by atoms with van der Waals surface area (Å²) in [6.07, 6.45) is 2.17. The van der Waals surface area contributed by atoms with Gasteiger partial charge in [-0.15, -0.1) is 0 Å². The van der Waals surface area contributed by atoms with E-state index in [1.165, 1.54) is 5.56 Å². The van der Waals surface area contributed by atoms with Gasteiger partial charge in [-0.1, -0.05) is 30.3 Å². The van der Waals surface area contributed by atoms with Crippen LogP contribution < -0.4 is 0 Å². The third-order valence-corrected chi connectivity index (χ3v) is 3.20. The lowest BCUT2D eigenvalue weighted by Gasteiger charge is -2.07. The molecule has 3 heteroatoms. The van der Waals surface area contributed by atoms with Crippen molar-refractivity contribution in [3.63, 3.8) is 0 Å². The fraction of sp³-hybridized carbons (Fsp3) is 0.500. The molecule has 0 atom stereocenters. The second-order valence-corrected chi connectivity index (χ2v) is 5.29. The van der Waals surface area contributed by atoms with E-state index in [0.717, 1.165) is 18.6 Å². The van der Waals surface area contributed by atoms with Gasteiger partial charge in [-0.3, -0.25) is 4.79 Å². The molecule has 0 amide bonds. The highest BCUT2D eigenvalue weighted by molar-refractivity contribution is 7.99. The lowest BCUT2D eigenvalue weighted by Crippen LogP contribution is -2.13. The van der Waals surface area contributed by atoms with Crippen LogP contribution in [0.2, 0.25) is 0 Å². The summed E-state index contributed by atoms with van der Waals surface area (Å²) < 4.78 is 5.06. The fourth-order valence-electron chi connectivity index (χ4n) is 1.48. The van der Waals surface area contributed by atoms with Gasteiger partial charge in [0.15, 0.2) is 0 Å². The first-order valence-corrected chi connectivity index (χ1v) is 7.15. The van der Waals surface area contributed by atoms with Crippen LogP contribution in [-0.4, -0.2) is 23.6 Å². The number of esters is 1. The van der Waals surface area contributed by atoms with Crippen molar-refractivity contribution in [3.05, 3.63) is 35.9 Å². The van der Waals surface area contributed by atoms with E-state index in [1.54, 1.807) is 11.8 Å². The van der Waals surface area contributed by atoms with E-state index in [-0.39, 0.29) is 12.1 Å². The predicted octanol–water partition coefficient (Wildman–Crippen LogP) is 3.30. The summed E-state index contributed by atoms with van der Waals surface area (Å²) in [6, 6.07) is 10.4. The van der Waals surface area contributed by atoms with E-state index in [1.807, 2.05) is 19.9 Å². The molecule has 2 nitrogen and oxygen atoms in total. The summed E-state index contributed by atoms with van der Waals surface area (Å²) in [6.45, 7) is 3.75. The number of carbonyl (C=O) groups is 1. The number of hydrogen-bond donors (Lipinski definition) is 0. The molecule has 0 aliphatic carbocycles. The Hall–Kier alpha value is -0.960. The van der Waals surface area contributed by atoms with Crippen LogP contribution in [-0.2, 0) is 16.0 Å². The second kappa shape index (κ2) is 8.18. The number of thioether (sulfide) groups is 1. The third-order valence-electron chi connectivity index (χ3n) is 2.18. The van der Waals surface area contributed by atoms with Crippen molar-refractivity contribution in [2.75, 3.05) is 11.5 Å². The van der Waals surface area contributed by atoms with Gasteiger partial charge in [0.05, 0.1) is 11.9 Å². The molecule has 0 heterocycles. The monoisotopic (exact) mass is 252 g/mol. The van der Waals surface area contributed by atoms with E-state index >= 15 is 0 Å². The second-order valence-electron chi connectivity index (χ2n) is 4.18. The molecule has 0 unspecified atom stereocenters. The molecule has 17 heavy (non-hydrogen) atoms. The van der Waals surface area contributed by atoms with Crippen molar-refractivity contribution in [2.45, 2.75) is 32.8 Å². The molecule has 0 aliphatic rings. The van der Waals surface area contributed by atoms with Crippen LogP contribution in [0, 0.1) is 0 Å². The van der Waals surface area contributed by atoms with E-state index in [4.69, 9.17) is 4.74 Å². The van der Waals surface area contributed by atoms with Gasteiger partial charge in [0.1, 0.15) is 0 Å². The summed E-state index contributed by atoms with van der Waals surface area (Å²) in [5.74, 6) is 1.36. The number of hydrogen-bond acceptors (Lipinski definition) is 3. The molecular weight excluding hydrogens is 232 g/mol. The van der Waals surface area contributed by atoms with Crippen LogP contribution >= 0.6 is 11.8 Å². The fourth-order valence-corrected chi connectivity index (χ4v) is 2.20. The molecule has 0 spiro atoms. The molecular formula is C14H20O2S. The van der Waals surface area contributed by atoms with Gasteiger partial charge in [-0.2, -0.15) is 11.8 Å². The Morgan fingerprint density at radius 3 is 2.65 bits per heavy atom. The number of carbonyl (C=O) groups excluding carboxylic acids is 1. The minimum atomic E-state index is -0.107. The smallest absolute Gasteiger partial charge is 0.316 e. The van der Waals surface area contributed by atoms with E-state index in [9.17, 15) is 4.79 Å². The van der Waals surface area contributed by atoms with E-state index in [2.05, 4.69) is 24.3 Å². The van der Waals surface area contributed by atoms with Crippen LogP contribution in [0.4, 0.5) is 0 Å². The first kappa shape index (κ1) is 14.1. The molecule has 0 N–H and O–H groups in total. The summed E-state index contributed by atoms with van der Waals surface area (Å²) >= 11 is 1.65. The molecule has 0 fully saturated rings. The Bertz CT molecular complexity index is 322. The lowest BCUT2D eigenvalue weighted by molar-refractivity contribution is -0.144. The summed E-state index contributed by atoms with van der Waals surface area (Å²) in [4.78, 5) is 11.2. The number of benzene rings is 1. The average molecular weight is 252 g/mol. The zero-order valence-electron chi connectivity index (χ0n) is 10.5. The Balaban J connectivity index is 2.03. The molecule has 1 aromatic carbocycles. The van der Waals surface area contributed by atoms with Crippen LogP contribution in [0.5, 0.6) is 0 Å². The summed E-state index contributed by atoms with van der Waals surface area (Å²) in [5, 5.41) is 0. The van der Waals surface area contributed by atoms with Crippen LogP contribution in [0.25, 0.3) is 0 Å². The molecule has 0 radical (unpaired) electrons. The Morgan fingerprint density at radius 1 is 1.29 bits per heavy atom. The Kier molecular flexibility index (Phi) is 6.78. The topological polar surface area (TPSA) is 26.3 Å². The molecule has 0 bridgehead atoms. The zero-order chi connectivity index (χ0) is 12.5. The maximum Gasteiger partial charge on any atom is 0.316 e. The van der Waals surface area contributed by atoms with Gasteiger partial charge in [0.25, 0.3) is 0 Å². The molecule has 1 aromatic rings. The van der Waals surface area contributed by atoms with Gasteiger partial charge >= 0.3 is 5.97 Å². The Morgan fingerprint density at radius 2 is 2.00 bits per heavy atom. The minimum Gasteiger partial charge on any atom is -0.462 e. The van der Waals surface area contributed by atoms with Crippen molar-refractivity contribution in [1.82, 2.24) is 0 Å². The molecule has 1 rings (SSSR count). The van der Waals surface area contributed by atoms with E-state index < -0.39 is 0 Å². The molecule has 0 aliphatic heterocycles. The first-order chi connectivity index (χ1) is 8.18. The van der Waals surface area contributed by atoms with Crippen molar-refractivity contribution >= 4 is 17.7 Å². The first-order valence-electron chi connectivity index (χ1n) is 5.99. The number of ether oxygens (including phenoxy) is 1. The Labute approximate surface area is 108 Å². The van der Waals surface area contributed by atoms with Gasteiger partial charge in [-0.25, -0.2) is 0 Å². The maximum absolute atomic E-state index is 11.2. The number of rotatable bonds is 7. The molecule has 0 aromatic heterocycles. The van der Waals surface area contributed by atoms with Crippen LogP contribution in [0.15, 0.2) is 30.3 Å². The highest BCUT2D eigenvalue weighted by Crippen LogP contribution is 2.08. The third kappa shape index (κ3) is 7.05. The highest BCUT2D eigenvalue weighted by atomic mass is 32.2. The molecule has 0 saturated carbocycles. The quantitative estimate of drug-likeness (QED) is 0.550. The zero-order valence-corrected chi connectivity index (χ0v) is 11.3. The lowest BCUT2D eigenvalue weighted by atomic mass is 10.1. The van der Waals surface area contributed by atoms with Crippen molar-refractivity contribution < 1.29 is 9.53 Å². The van der Waals surface area contributed by atoms with Crippen molar-refractivity contribution in [1.29, 1.82) is 0 Å². The van der Waals surface area contributed by atoms with Crippen LogP contribution in [0.3, 0.4) is 0 Å². The summed E-state index contributed by atoms with van der Waals surface area (Å²) in [5.41, 5.74) is 1.36. The standard InChI is InChI=1S/C14H20O2S/c1-12(2)16-14(15)11-17-10-6-9-13-7-4-3-5-8-13/h3-5,7-8,12H,6,9-11H2,1-2H3. The molecule has 0 saturated heterocycles. The van der Waals surface area contributed by atoms with E-state index in [0.29, 0.717) is 5.75 Å². The van der Waals surface area contributed by atoms with Gasteiger partial charge < -0.3 is 4.74 Å². The SMILES string of the molecule is CC(C)OC(=O)CSCCCc1ccccc1. The predicted molar refractivity (Wildman–Crippen MR) is 73.3 cm³/mol. The maximum atomic E-state index is 11.2. The van der Waals surface area contributed by atoms with Gasteiger partial charge in [0, 0.05) is 0 Å². The normalized spacial score (nSPS) is 10.5.